The molecule has 0 unspecified atom stereocenters. The lowest BCUT2D eigenvalue weighted by molar-refractivity contribution is -0.129. The summed E-state index contributed by atoms with van der Waals surface area (Å²) in [5.41, 5.74) is 2.21. The number of aromatic nitrogens is 5. The zero-order chi connectivity index (χ0) is 21.2. The van der Waals surface area contributed by atoms with Crippen LogP contribution in [0, 0.1) is 5.82 Å². The molecule has 2 aromatic carbocycles. The molecule has 8 nitrogen and oxygen atoms in total. The third-order valence-corrected chi connectivity index (χ3v) is 6.36. The van der Waals surface area contributed by atoms with Gasteiger partial charge in [0.15, 0.2) is 5.58 Å². The summed E-state index contributed by atoms with van der Waals surface area (Å²) in [5, 5.41) is 17.2. The number of likely N-dealkylation sites (tertiary alicyclic amines) is 1. The summed E-state index contributed by atoms with van der Waals surface area (Å²) in [6.45, 7) is 1.24. The van der Waals surface area contributed by atoms with E-state index in [1.54, 1.807) is 10.7 Å². The first kappa shape index (κ1) is 19.7. The number of hydrogen-bond donors (Lipinski definition) is 0. The van der Waals surface area contributed by atoms with Gasteiger partial charge in [0.05, 0.1) is 17.1 Å². The molecule has 3 heterocycles. The second-order valence-corrected chi connectivity index (χ2v) is 8.30. The van der Waals surface area contributed by atoms with E-state index in [2.05, 4.69) is 20.7 Å². The van der Waals surface area contributed by atoms with Crippen molar-refractivity contribution in [2.24, 2.45) is 0 Å². The van der Waals surface area contributed by atoms with Gasteiger partial charge >= 0.3 is 0 Å². The molecule has 0 aliphatic carbocycles. The fourth-order valence-electron chi connectivity index (χ4n) is 3.84. The van der Waals surface area contributed by atoms with Crippen molar-refractivity contribution in [1.82, 2.24) is 30.3 Å². The van der Waals surface area contributed by atoms with Gasteiger partial charge in [-0.1, -0.05) is 35.1 Å². The quantitative estimate of drug-likeness (QED) is 0.441. The highest BCUT2D eigenvalue weighted by atomic mass is 32.2. The molecule has 158 valence electrons. The van der Waals surface area contributed by atoms with Gasteiger partial charge in [-0.3, -0.25) is 4.79 Å². The van der Waals surface area contributed by atoms with Crippen LogP contribution >= 0.6 is 11.8 Å². The van der Waals surface area contributed by atoms with Crippen molar-refractivity contribution in [3.8, 4) is 5.69 Å². The van der Waals surface area contributed by atoms with E-state index in [-0.39, 0.29) is 23.4 Å². The molecule has 2 aromatic heterocycles. The third kappa shape index (κ3) is 4.02. The minimum Gasteiger partial charge on any atom is -0.356 e. The maximum absolute atomic E-state index is 13.6. The SMILES string of the molecule is O=C(CSc1nnnn1-c1ccccc1)N1CCC(c2noc3ccc(F)cc23)CC1. The van der Waals surface area contributed by atoms with Crippen molar-refractivity contribution in [2.45, 2.75) is 23.9 Å². The largest absolute Gasteiger partial charge is 0.356 e. The lowest BCUT2D eigenvalue weighted by Crippen LogP contribution is -2.39. The van der Waals surface area contributed by atoms with Crippen LogP contribution in [-0.2, 0) is 4.79 Å². The maximum atomic E-state index is 13.6. The molecule has 1 amide bonds. The molecule has 0 N–H and O–H groups in total. The fraction of sp³-hybridized carbons (Fsp3) is 0.286. The van der Waals surface area contributed by atoms with E-state index in [4.69, 9.17) is 4.52 Å². The number of fused-ring (bicyclic) bond motifs is 1. The normalized spacial score (nSPS) is 14.9. The van der Waals surface area contributed by atoms with Gasteiger partial charge in [0.25, 0.3) is 0 Å². The number of carbonyl (C=O) groups excluding carboxylic acids is 1. The number of tetrazole rings is 1. The Morgan fingerprint density at radius 1 is 1.16 bits per heavy atom. The zero-order valence-corrected chi connectivity index (χ0v) is 17.3. The summed E-state index contributed by atoms with van der Waals surface area (Å²) in [5.74, 6) is 0.141. The van der Waals surface area contributed by atoms with E-state index in [1.807, 2.05) is 35.2 Å². The van der Waals surface area contributed by atoms with Crippen LogP contribution in [-0.4, -0.2) is 55.0 Å². The fourth-order valence-corrected chi connectivity index (χ4v) is 4.64. The van der Waals surface area contributed by atoms with E-state index >= 15 is 0 Å². The summed E-state index contributed by atoms with van der Waals surface area (Å²) in [7, 11) is 0. The van der Waals surface area contributed by atoms with E-state index in [9.17, 15) is 9.18 Å². The number of piperidine rings is 1. The number of hydrogen-bond acceptors (Lipinski definition) is 7. The Bertz CT molecular complexity index is 1200. The van der Waals surface area contributed by atoms with Gasteiger partial charge in [-0.05, 0) is 53.6 Å². The molecule has 1 fully saturated rings. The first-order valence-corrected chi connectivity index (χ1v) is 11.0. The van der Waals surface area contributed by atoms with Crippen molar-refractivity contribution < 1.29 is 13.7 Å². The van der Waals surface area contributed by atoms with Gasteiger partial charge in [-0.15, -0.1) is 5.10 Å². The number of benzene rings is 2. The van der Waals surface area contributed by atoms with Crippen LogP contribution in [0.25, 0.3) is 16.7 Å². The Balaban J connectivity index is 1.19. The predicted octanol–water partition coefficient (Wildman–Crippen LogP) is 3.44. The van der Waals surface area contributed by atoms with Crippen LogP contribution in [0.15, 0.2) is 58.2 Å². The Kier molecular flexibility index (Phi) is 5.37. The highest BCUT2D eigenvalue weighted by Crippen LogP contribution is 2.33. The molecule has 31 heavy (non-hydrogen) atoms. The molecule has 0 spiro atoms. The first-order chi connectivity index (χ1) is 15.2. The average molecular weight is 438 g/mol. The molecule has 0 bridgehead atoms. The predicted molar refractivity (Wildman–Crippen MR) is 112 cm³/mol. The molecule has 1 aliphatic heterocycles. The molecule has 1 aliphatic rings. The smallest absolute Gasteiger partial charge is 0.233 e. The Labute approximate surface area is 181 Å². The number of thioether (sulfide) groups is 1. The van der Waals surface area contributed by atoms with Crippen LogP contribution in [0.5, 0.6) is 0 Å². The highest BCUT2D eigenvalue weighted by Gasteiger charge is 2.27. The molecular formula is C21H19FN6O2S. The summed E-state index contributed by atoms with van der Waals surface area (Å²) >= 11 is 1.32. The lowest BCUT2D eigenvalue weighted by atomic mass is 9.91. The first-order valence-electron chi connectivity index (χ1n) is 9.98. The molecule has 0 radical (unpaired) electrons. The molecule has 4 aromatic rings. The summed E-state index contributed by atoms with van der Waals surface area (Å²) < 4.78 is 20.6. The van der Waals surface area contributed by atoms with Crippen LogP contribution in [0.2, 0.25) is 0 Å². The van der Waals surface area contributed by atoms with Gasteiger partial charge < -0.3 is 9.42 Å². The third-order valence-electron chi connectivity index (χ3n) is 5.46. The van der Waals surface area contributed by atoms with Gasteiger partial charge in [0, 0.05) is 24.4 Å². The minimum absolute atomic E-state index is 0.0436. The van der Waals surface area contributed by atoms with E-state index in [1.165, 1.54) is 23.9 Å². The van der Waals surface area contributed by atoms with Crippen LogP contribution in [0.4, 0.5) is 4.39 Å². The number of halogens is 1. The Morgan fingerprint density at radius 3 is 2.77 bits per heavy atom. The standard InChI is InChI=1S/C21H19FN6O2S/c22-15-6-7-18-17(12-15)20(24-30-18)14-8-10-27(11-9-14)19(29)13-31-21-23-25-26-28(21)16-4-2-1-3-5-16/h1-7,12,14H,8-11,13H2. The molecule has 5 rings (SSSR count). The number of nitrogens with zero attached hydrogens (tertiary/aromatic N) is 6. The van der Waals surface area contributed by atoms with Crippen LogP contribution in [0.3, 0.4) is 0 Å². The minimum atomic E-state index is -0.306. The second kappa shape index (κ2) is 8.46. The second-order valence-electron chi connectivity index (χ2n) is 7.36. The number of rotatable bonds is 5. The van der Waals surface area contributed by atoms with Crippen molar-refractivity contribution in [2.75, 3.05) is 18.8 Å². The monoisotopic (exact) mass is 438 g/mol. The van der Waals surface area contributed by atoms with Gasteiger partial charge in [0.2, 0.25) is 11.1 Å². The molecule has 10 heteroatoms. The number of amides is 1. The van der Waals surface area contributed by atoms with Crippen molar-refractivity contribution in [3.63, 3.8) is 0 Å². The Morgan fingerprint density at radius 2 is 1.97 bits per heavy atom. The molecule has 0 atom stereocenters. The molecule has 1 saturated heterocycles. The van der Waals surface area contributed by atoms with Crippen molar-refractivity contribution >= 4 is 28.6 Å². The maximum Gasteiger partial charge on any atom is 0.233 e. The number of carbonyl (C=O) groups is 1. The van der Waals surface area contributed by atoms with E-state index in [0.717, 1.165) is 24.2 Å². The Hall–Kier alpha value is -3.27. The summed E-state index contributed by atoms with van der Waals surface area (Å²) in [6.07, 6.45) is 1.52. The summed E-state index contributed by atoms with van der Waals surface area (Å²) in [6, 6.07) is 14.0. The number of para-hydroxylation sites is 1. The van der Waals surface area contributed by atoms with Crippen molar-refractivity contribution in [3.05, 3.63) is 60.0 Å². The summed E-state index contributed by atoms with van der Waals surface area (Å²) in [4.78, 5) is 14.6. The topological polar surface area (TPSA) is 89.9 Å². The van der Waals surface area contributed by atoms with Crippen molar-refractivity contribution in [1.29, 1.82) is 0 Å². The van der Waals surface area contributed by atoms with E-state index < -0.39 is 0 Å². The van der Waals surface area contributed by atoms with E-state index in [0.29, 0.717) is 29.2 Å². The van der Waals surface area contributed by atoms with Crippen LogP contribution in [0.1, 0.15) is 24.5 Å². The van der Waals surface area contributed by atoms with Crippen LogP contribution < -0.4 is 0 Å². The highest BCUT2D eigenvalue weighted by molar-refractivity contribution is 7.99. The van der Waals surface area contributed by atoms with Gasteiger partial charge in [0.1, 0.15) is 5.82 Å². The molecular weight excluding hydrogens is 419 g/mol. The van der Waals surface area contributed by atoms with Gasteiger partial charge in [-0.2, -0.15) is 4.68 Å². The van der Waals surface area contributed by atoms with Gasteiger partial charge in [-0.25, -0.2) is 4.39 Å². The average Bonchev–Trinajstić information content (AvgIpc) is 3.45. The zero-order valence-electron chi connectivity index (χ0n) is 16.5. The lowest BCUT2D eigenvalue weighted by Gasteiger charge is -2.31. The molecule has 0 saturated carbocycles.